The van der Waals surface area contributed by atoms with Crippen molar-refractivity contribution >= 4 is 23.1 Å². The summed E-state index contributed by atoms with van der Waals surface area (Å²) < 4.78 is 5.42. The molecule has 5 nitrogen and oxygen atoms in total. The highest BCUT2D eigenvalue weighted by atomic mass is 16.5. The predicted molar refractivity (Wildman–Crippen MR) is 112 cm³/mol. The molecule has 1 aliphatic rings. The summed E-state index contributed by atoms with van der Waals surface area (Å²) >= 11 is 0. The molecular formula is C23H23N3O2. The maximum atomic E-state index is 13.2. The van der Waals surface area contributed by atoms with Crippen LogP contribution in [0, 0.1) is 6.92 Å². The van der Waals surface area contributed by atoms with Crippen molar-refractivity contribution < 1.29 is 9.53 Å². The number of hydrogen-bond acceptors (Lipinski definition) is 4. The van der Waals surface area contributed by atoms with Gasteiger partial charge in [0.05, 0.1) is 12.8 Å². The van der Waals surface area contributed by atoms with Gasteiger partial charge >= 0.3 is 0 Å². The number of nitrogens with zero attached hydrogens (tertiary/aromatic N) is 2. The van der Waals surface area contributed by atoms with Crippen molar-refractivity contribution in [3.63, 3.8) is 0 Å². The number of fused-ring (bicyclic) bond motifs is 1. The van der Waals surface area contributed by atoms with Crippen LogP contribution in [0.2, 0.25) is 0 Å². The van der Waals surface area contributed by atoms with Crippen molar-refractivity contribution in [3.8, 4) is 5.75 Å². The Kier molecular flexibility index (Phi) is 4.74. The van der Waals surface area contributed by atoms with Gasteiger partial charge in [-0.2, -0.15) is 0 Å². The largest absolute Gasteiger partial charge is 0.495 e. The number of carbonyl (C=O) groups excluding carboxylic acids is 1. The van der Waals surface area contributed by atoms with E-state index in [0.29, 0.717) is 11.4 Å². The van der Waals surface area contributed by atoms with Gasteiger partial charge in [0.25, 0.3) is 5.91 Å². The van der Waals surface area contributed by atoms with E-state index in [-0.39, 0.29) is 11.9 Å². The van der Waals surface area contributed by atoms with E-state index in [0.717, 1.165) is 29.1 Å². The van der Waals surface area contributed by atoms with E-state index in [1.54, 1.807) is 25.4 Å². The van der Waals surface area contributed by atoms with Crippen LogP contribution in [0.5, 0.6) is 5.75 Å². The van der Waals surface area contributed by atoms with Gasteiger partial charge < -0.3 is 15.0 Å². The van der Waals surface area contributed by atoms with Crippen molar-refractivity contribution in [1.29, 1.82) is 0 Å². The summed E-state index contributed by atoms with van der Waals surface area (Å²) in [4.78, 5) is 19.5. The summed E-state index contributed by atoms with van der Waals surface area (Å²) in [5, 5.41) is 3.27. The number of para-hydroxylation sites is 1. The molecule has 0 spiro atoms. The first-order valence-electron chi connectivity index (χ1n) is 9.36. The molecule has 1 N–H and O–H groups in total. The zero-order chi connectivity index (χ0) is 19.7. The minimum absolute atomic E-state index is 0.0147. The molecule has 1 aromatic heterocycles. The highest BCUT2D eigenvalue weighted by Gasteiger charge is 2.31. The van der Waals surface area contributed by atoms with E-state index in [4.69, 9.17) is 4.74 Å². The molecule has 1 amide bonds. The molecule has 2 aromatic carbocycles. The first-order chi connectivity index (χ1) is 13.6. The second-order valence-electron chi connectivity index (χ2n) is 7.12. The van der Waals surface area contributed by atoms with Gasteiger partial charge in [0.15, 0.2) is 0 Å². The summed E-state index contributed by atoms with van der Waals surface area (Å²) in [6.07, 6.45) is 2.53. The quantitative estimate of drug-likeness (QED) is 0.718. The fourth-order valence-corrected chi connectivity index (χ4v) is 3.70. The Labute approximate surface area is 165 Å². The van der Waals surface area contributed by atoms with E-state index in [1.807, 2.05) is 48.2 Å². The number of carbonyl (C=O) groups is 1. The molecular weight excluding hydrogens is 350 g/mol. The van der Waals surface area contributed by atoms with Gasteiger partial charge in [-0.15, -0.1) is 0 Å². The summed E-state index contributed by atoms with van der Waals surface area (Å²) in [5.74, 6) is 1.32. The molecule has 1 aliphatic heterocycles. The number of ether oxygens (including phenoxy) is 1. The lowest BCUT2D eigenvalue weighted by atomic mass is 10.1. The lowest BCUT2D eigenvalue weighted by Gasteiger charge is -2.23. The lowest BCUT2D eigenvalue weighted by molar-refractivity contribution is 0.0981. The smallest absolute Gasteiger partial charge is 0.258 e. The van der Waals surface area contributed by atoms with Crippen LogP contribution in [0.15, 0.2) is 60.8 Å². The number of aromatic nitrogens is 1. The van der Waals surface area contributed by atoms with Gasteiger partial charge in [-0.25, -0.2) is 4.98 Å². The van der Waals surface area contributed by atoms with E-state index in [2.05, 4.69) is 23.3 Å². The molecule has 1 atom stereocenters. The molecule has 0 aliphatic carbocycles. The molecule has 3 aromatic rings. The van der Waals surface area contributed by atoms with E-state index < -0.39 is 0 Å². The van der Waals surface area contributed by atoms with E-state index >= 15 is 0 Å². The summed E-state index contributed by atoms with van der Waals surface area (Å²) in [6.45, 7) is 4.10. The van der Waals surface area contributed by atoms with Crippen LogP contribution < -0.4 is 15.0 Å². The van der Waals surface area contributed by atoms with Gasteiger partial charge in [0.1, 0.15) is 11.6 Å². The molecule has 0 saturated carbocycles. The van der Waals surface area contributed by atoms with Crippen molar-refractivity contribution in [3.05, 3.63) is 77.5 Å². The van der Waals surface area contributed by atoms with Crippen LogP contribution in [0.1, 0.15) is 28.4 Å². The van der Waals surface area contributed by atoms with Gasteiger partial charge in [0.2, 0.25) is 0 Å². The van der Waals surface area contributed by atoms with Crippen LogP contribution in [-0.2, 0) is 6.42 Å². The lowest BCUT2D eigenvalue weighted by Crippen LogP contribution is -2.35. The van der Waals surface area contributed by atoms with E-state index in [1.165, 1.54) is 5.56 Å². The maximum absolute atomic E-state index is 13.2. The Morgan fingerprint density at radius 1 is 1.18 bits per heavy atom. The number of pyridine rings is 1. The minimum Gasteiger partial charge on any atom is -0.495 e. The van der Waals surface area contributed by atoms with Gasteiger partial charge in [-0.05, 0) is 61.7 Å². The highest BCUT2D eigenvalue weighted by molar-refractivity contribution is 6.08. The maximum Gasteiger partial charge on any atom is 0.258 e. The predicted octanol–water partition coefficient (Wildman–Crippen LogP) is 4.73. The highest BCUT2D eigenvalue weighted by Crippen LogP contribution is 2.33. The second kappa shape index (κ2) is 7.35. The molecule has 1 unspecified atom stereocenters. The molecule has 2 heterocycles. The molecule has 0 fully saturated rings. The van der Waals surface area contributed by atoms with Crippen molar-refractivity contribution in [1.82, 2.24) is 4.98 Å². The van der Waals surface area contributed by atoms with Gasteiger partial charge in [-0.1, -0.05) is 24.3 Å². The first kappa shape index (κ1) is 18.0. The first-order valence-corrected chi connectivity index (χ1v) is 9.36. The second-order valence-corrected chi connectivity index (χ2v) is 7.12. The topological polar surface area (TPSA) is 54.5 Å². The van der Waals surface area contributed by atoms with Gasteiger partial charge in [-0.3, -0.25) is 4.79 Å². The number of methoxy groups -OCH3 is 1. The summed E-state index contributed by atoms with van der Waals surface area (Å²) in [6, 6.07) is 17.7. The number of anilines is 3. The number of hydrogen-bond donors (Lipinski definition) is 1. The fourth-order valence-electron chi connectivity index (χ4n) is 3.70. The molecule has 0 saturated heterocycles. The normalized spacial score (nSPS) is 15.2. The molecule has 0 bridgehead atoms. The Morgan fingerprint density at radius 2 is 2.00 bits per heavy atom. The van der Waals surface area contributed by atoms with Gasteiger partial charge in [0, 0.05) is 23.5 Å². The SMILES string of the molecule is COc1ccc(C)cc1Nc1cc(C(=O)N2c3ccccc3CC2C)ccn1. The molecule has 4 rings (SSSR count). The number of amides is 1. The fraction of sp³-hybridized carbons (Fsp3) is 0.217. The van der Waals surface area contributed by atoms with Crippen LogP contribution in [0.25, 0.3) is 0 Å². The van der Waals surface area contributed by atoms with Crippen molar-refractivity contribution in [2.45, 2.75) is 26.3 Å². The van der Waals surface area contributed by atoms with Crippen molar-refractivity contribution in [2.75, 3.05) is 17.3 Å². The number of rotatable bonds is 4. The molecule has 5 heteroatoms. The molecule has 0 radical (unpaired) electrons. The van der Waals surface area contributed by atoms with Crippen LogP contribution in [0.3, 0.4) is 0 Å². The summed E-state index contributed by atoms with van der Waals surface area (Å²) in [5.41, 5.74) is 4.73. The van der Waals surface area contributed by atoms with Crippen molar-refractivity contribution in [2.24, 2.45) is 0 Å². The Hall–Kier alpha value is -3.34. The zero-order valence-corrected chi connectivity index (χ0v) is 16.3. The standard InChI is InChI=1S/C23H23N3O2/c1-15-8-9-21(28-3)19(12-15)25-22-14-18(10-11-24-22)23(27)26-16(2)13-17-6-4-5-7-20(17)26/h4-12,14,16H,13H2,1-3H3,(H,24,25). The van der Waals surface area contributed by atoms with Crippen LogP contribution in [-0.4, -0.2) is 24.0 Å². The van der Waals surface area contributed by atoms with Crippen LogP contribution in [0.4, 0.5) is 17.2 Å². The third-order valence-electron chi connectivity index (χ3n) is 5.05. The molecule has 28 heavy (non-hydrogen) atoms. The molecule has 142 valence electrons. The number of nitrogens with one attached hydrogen (secondary N) is 1. The summed E-state index contributed by atoms with van der Waals surface area (Å²) in [7, 11) is 1.63. The number of benzene rings is 2. The minimum atomic E-state index is -0.0147. The Balaban J connectivity index is 1.63. The average molecular weight is 373 g/mol. The third kappa shape index (κ3) is 3.31. The Morgan fingerprint density at radius 3 is 2.82 bits per heavy atom. The van der Waals surface area contributed by atoms with E-state index in [9.17, 15) is 4.79 Å². The monoisotopic (exact) mass is 373 g/mol. The zero-order valence-electron chi connectivity index (χ0n) is 16.3. The number of aryl methyl sites for hydroxylation is 1. The Bertz CT molecular complexity index is 1030. The average Bonchev–Trinajstić information content (AvgIpc) is 3.03. The van der Waals surface area contributed by atoms with Crippen LogP contribution >= 0.6 is 0 Å². The third-order valence-corrected chi connectivity index (χ3v) is 5.05.